The number of ether oxygens (including phenoxy) is 2. The predicted octanol–water partition coefficient (Wildman–Crippen LogP) is 1.96. The van der Waals surface area contributed by atoms with E-state index in [4.69, 9.17) is 15.2 Å². The van der Waals surface area contributed by atoms with Gasteiger partial charge in [0.15, 0.2) is 16.6 Å². The maximum Gasteiger partial charge on any atom is 0.197 e. The molecule has 1 rings (SSSR count). The molecular weight excluding hydrogens is 226 g/mol. The monoisotopic (exact) mass is 245 g/mol. The smallest absolute Gasteiger partial charge is 0.197 e. The largest absolute Gasteiger partial charge is 0.484 e. The van der Waals surface area contributed by atoms with E-state index in [0.29, 0.717) is 18.1 Å². The number of aromatic nitrogens is 1. The van der Waals surface area contributed by atoms with E-state index in [1.54, 1.807) is 7.11 Å². The van der Waals surface area contributed by atoms with Gasteiger partial charge in [-0.05, 0) is 32.3 Å². The Hall–Kier alpha value is -1.01. The molecule has 1 atom stereocenters. The molecule has 0 fully saturated rings. The molecular formula is C10H19N3O2S. The van der Waals surface area contributed by atoms with Gasteiger partial charge >= 0.3 is 0 Å². The Kier molecular flexibility index (Phi) is 4.82. The molecule has 0 radical (unpaired) electrons. The van der Waals surface area contributed by atoms with Crippen LogP contribution in [-0.2, 0) is 4.74 Å². The zero-order valence-electron chi connectivity index (χ0n) is 10.1. The second kappa shape index (κ2) is 5.91. The third kappa shape index (κ3) is 3.53. The predicted molar refractivity (Wildman–Crippen MR) is 67.3 cm³/mol. The molecule has 1 unspecified atom stereocenters. The lowest BCUT2D eigenvalue weighted by atomic mass is 10.4. The van der Waals surface area contributed by atoms with Crippen molar-refractivity contribution in [3.05, 3.63) is 0 Å². The van der Waals surface area contributed by atoms with E-state index in [9.17, 15) is 0 Å². The number of nitrogens with one attached hydrogen (secondary N) is 1. The highest BCUT2D eigenvalue weighted by Crippen LogP contribution is 2.35. The van der Waals surface area contributed by atoms with E-state index < -0.39 is 0 Å². The van der Waals surface area contributed by atoms with Crippen molar-refractivity contribution in [3.8, 4) is 5.75 Å². The first-order valence-corrected chi connectivity index (χ1v) is 6.00. The third-order valence-corrected chi connectivity index (χ3v) is 2.78. The second-order valence-electron chi connectivity index (χ2n) is 3.82. The van der Waals surface area contributed by atoms with Crippen molar-refractivity contribution in [2.24, 2.45) is 0 Å². The molecule has 92 valence electrons. The molecule has 0 aliphatic carbocycles. The van der Waals surface area contributed by atoms with Gasteiger partial charge < -0.3 is 20.5 Å². The minimum absolute atomic E-state index is 0.0825. The van der Waals surface area contributed by atoms with Crippen molar-refractivity contribution in [3.63, 3.8) is 0 Å². The van der Waals surface area contributed by atoms with Gasteiger partial charge in [-0.2, -0.15) is 4.37 Å². The summed E-state index contributed by atoms with van der Waals surface area (Å²) in [6.45, 7) is 6.60. The quantitative estimate of drug-likeness (QED) is 0.801. The molecule has 0 aromatic carbocycles. The molecule has 1 heterocycles. The molecule has 16 heavy (non-hydrogen) atoms. The number of methoxy groups -OCH3 is 1. The van der Waals surface area contributed by atoms with Gasteiger partial charge in [0, 0.05) is 13.7 Å². The topological polar surface area (TPSA) is 69.4 Å². The van der Waals surface area contributed by atoms with Crippen molar-refractivity contribution < 1.29 is 9.47 Å². The number of nitrogen functional groups attached to an aromatic ring is 1. The zero-order valence-corrected chi connectivity index (χ0v) is 10.9. The van der Waals surface area contributed by atoms with Crippen molar-refractivity contribution in [2.45, 2.75) is 33.0 Å². The lowest BCUT2D eigenvalue weighted by Gasteiger charge is -2.13. The Morgan fingerprint density at radius 3 is 2.69 bits per heavy atom. The average Bonchev–Trinajstić information content (AvgIpc) is 2.56. The normalized spacial score (nSPS) is 12.8. The summed E-state index contributed by atoms with van der Waals surface area (Å²) in [4.78, 5) is 0. The van der Waals surface area contributed by atoms with Gasteiger partial charge in [-0.1, -0.05) is 0 Å². The molecule has 0 spiro atoms. The first kappa shape index (κ1) is 13.1. The molecule has 0 bridgehead atoms. The van der Waals surface area contributed by atoms with Gasteiger partial charge in [-0.15, -0.1) is 0 Å². The fourth-order valence-electron chi connectivity index (χ4n) is 1.08. The van der Waals surface area contributed by atoms with Crippen molar-refractivity contribution in [1.29, 1.82) is 0 Å². The average molecular weight is 245 g/mol. The van der Waals surface area contributed by atoms with E-state index in [1.165, 1.54) is 11.5 Å². The van der Waals surface area contributed by atoms with E-state index in [0.717, 1.165) is 5.00 Å². The van der Waals surface area contributed by atoms with E-state index in [2.05, 4.69) is 9.69 Å². The number of rotatable bonds is 6. The van der Waals surface area contributed by atoms with Gasteiger partial charge in [0.25, 0.3) is 0 Å². The highest BCUT2D eigenvalue weighted by atomic mass is 32.1. The lowest BCUT2D eigenvalue weighted by molar-refractivity contribution is 0.129. The summed E-state index contributed by atoms with van der Waals surface area (Å²) in [5.41, 5.74) is 5.73. The maximum atomic E-state index is 5.73. The zero-order chi connectivity index (χ0) is 12.1. The third-order valence-electron chi connectivity index (χ3n) is 1.98. The highest BCUT2D eigenvalue weighted by Gasteiger charge is 2.14. The van der Waals surface area contributed by atoms with Crippen molar-refractivity contribution >= 4 is 22.4 Å². The standard InChI is InChI=1S/C10H19N3O2S/c1-6(2)15-8-9(11)13-16-10(8)12-5-7(3)14-4/h6-7,12H,5H2,1-4H3,(H2,11,13). The number of hydrogen-bond acceptors (Lipinski definition) is 6. The molecule has 0 aliphatic heterocycles. The molecule has 1 aromatic heterocycles. The summed E-state index contributed by atoms with van der Waals surface area (Å²) >= 11 is 1.30. The van der Waals surface area contributed by atoms with Crippen LogP contribution >= 0.6 is 11.5 Å². The Balaban J connectivity index is 2.65. The van der Waals surface area contributed by atoms with Crippen LogP contribution in [0.25, 0.3) is 0 Å². The first-order chi connectivity index (χ1) is 7.54. The first-order valence-electron chi connectivity index (χ1n) is 5.23. The number of nitrogens with two attached hydrogens (primary N) is 1. The summed E-state index contributed by atoms with van der Waals surface area (Å²) < 4.78 is 14.8. The van der Waals surface area contributed by atoms with Crippen LogP contribution in [0.1, 0.15) is 20.8 Å². The molecule has 0 saturated heterocycles. The highest BCUT2D eigenvalue weighted by molar-refractivity contribution is 7.11. The van der Waals surface area contributed by atoms with Crippen LogP contribution in [0.2, 0.25) is 0 Å². The fraction of sp³-hybridized carbons (Fsp3) is 0.700. The number of anilines is 2. The molecule has 1 aromatic rings. The van der Waals surface area contributed by atoms with Gasteiger partial charge in [-0.3, -0.25) is 0 Å². The Morgan fingerprint density at radius 2 is 2.12 bits per heavy atom. The molecule has 3 N–H and O–H groups in total. The van der Waals surface area contributed by atoms with Gasteiger partial charge in [0.05, 0.1) is 12.2 Å². The van der Waals surface area contributed by atoms with E-state index in [1.807, 2.05) is 20.8 Å². The molecule has 0 saturated carbocycles. The van der Waals surface area contributed by atoms with E-state index >= 15 is 0 Å². The SMILES string of the molecule is COC(C)CNc1snc(N)c1OC(C)C. The molecule has 5 nitrogen and oxygen atoms in total. The number of nitrogens with zero attached hydrogens (tertiary/aromatic N) is 1. The minimum atomic E-state index is 0.0825. The van der Waals surface area contributed by atoms with Crippen molar-refractivity contribution in [2.75, 3.05) is 24.7 Å². The summed E-state index contributed by atoms with van der Waals surface area (Å²) in [7, 11) is 1.68. The Labute approximate surface area is 100 Å². The van der Waals surface area contributed by atoms with Crippen LogP contribution in [0.4, 0.5) is 10.8 Å². The fourth-order valence-corrected chi connectivity index (χ4v) is 1.73. The van der Waals surface area contributed by atoms with Gasteiger partial charge in [-0.25, -0.2) is 0 Å². The Morgan fingerprint density at radius 1 is 1.44 bits per heavy atom. The van der Waals surface area contributed by atoms with Crippen LogP contribution in [0.5, 0.6) is 5.75 Å². The summed E-state index contributed by atoms with van der Waals surface area (Å²) in [6, 6.07) is 0. The van der Waals surface area contributed by atoms with Gasteiger partial charge in [0.2, 0.25) is 0 Å². The molecule has 0 amide bonds. The summed E-state index contributed by atoms with van der Waals surface area (Å²) in [5, 5.41) is 4.07. The minimum Gasteiger partial charge on any atom is -0.484 e. The number of hydrogen-bond donors (Lipinski definition) is 2. The van der Waals surface area contributed by atoms with Crippen LogP contribution in [0.15, 0.2) is 0 Å². The van der Waals surface area contributed by atoms with Crippen LogP contribution < -0.4 is 15.8 Å². The molecule has 6 heteroatoms. The molecule has 0 aliphatic rings. The van der Waals surface area contributed by atoms with E-state index in [-0.39, 0.29) is 12.2 Å². The maximum absolute atomic E-state index is 5.73. The summed E-state index contributed by atoms with van der Waals surface area (Å²) in [6.07, 6.45) is 0.217. The van der Waals surface area contributed by atoms with Gasteiger partial charge in [0.1, 0.15) is 0 Å². The second-order valence-corrected chi connectivity index (χ2v) is 4.59. The van der Waals surface area contributed by atoms with Crippen molar-refractivity contribution in [1.82, 2.24) is 4.37 Å². The van der Waals surface area contributed by atoms with Crippen LogP contribution in [-0.4, -0.2) is 30.2 Å². The van der Waals surface area contributed by atoms with Crippen LogP contribution in [0.3, 0.4) is 0 Å². The lowest BCUT2D eigenvalue weighted by Crippen LogP contribution is -2.18. The Bertz CT molecular complexity index is 328. The van der Waals surface area contributed by atoms with Crippen LogP contribution in [0, 0.1) is 0 Å². The summed E-state index contributed by atoms with van der Waals surface area (Å²) in [5.74, 6) is 1.08.